The summed E-state index contributed by atoms with van der Waals surface area (Å²) in [5, 5.41) is 5.35. The summed E-state index contributed by atoms with van der Waals surface area (Å²) in [6, 6.07) is 8.37. The number of ether oxygens (including phenoxy) is 2. The van der Waals surface area contributed by atoms with Crippen molar-refractivity contribution in [2.24, 2.45) is 11.8 Å². The number of hydrogen-bond donors (Lipinski definition) is 0. The zero-order valence-electron chi connectivity index (χ0n) is 16.9. The van der Waals surface area contributed by atoms with E-state index in [4.69, 9.17) is 14.0 Å². The highest BCUT2D eigenvalue weighted by atomic mass is 16.5. The van der Waals surface area contributed by atoms with E-state index < -0.39 is 17.9 Å². The minimum absolute atomic E-state index is 0.272. The molecule has 0 radical (unpaired) electrons. The Bertz CT molecular complexity index is 866. The van der Waals surface area contributed by atoms with Crippen molar-refractivity contribution in [1.82, 2.24) is 10.1 Å². The largest absolute Gasteiger partial charge is 0.468 e. The smallest absolute Gasteiger partial charge is 0.320 e. The number of benzene rings is 1. The van der Waals surface area contributed by atoms with Crippen LogP contribution in [0.1, 0.15) is 19.3 Å². The monoisotopic (exact) mass is 401 g/mol. The summed E-state index contributed by atoms with van der Waals surface area (Å²) >= 11 is 0. The number of esters is 2. The molecule has 2 fully saturated rings. The van der Waals surface area contributed by atoms with Gasteiger partial charge in [-0.1, -0.05) is 17.3 Å². The van der Waals surface area contributed by atoms with Crippen molar-refractivity contribution >= 4 is 28.7 Å². The van der Waals surface area contributed by atoms with Gasteiger partial charge in [0, 0.05) is 32.2 Å². The number of rotatable bonds is 5. The van der Waals surface area contributed by atoms with Gasteiger partial charge in [-0.05, 0) is 37.3 Å². The van der Waals surface area contributed by atoms with Crippen LogP contribution >= 0.6 is 0 Å². The number of fused-ring (bicyclic) bond motifs is 2. The average Bonchev–Trinajstić information content (AvgIpc) is 3.20. The van der Waals surface area contributed by atoms with Crippen LogP contribution in [0.25, 0.3) is 11.0 Å². The molecule has 8 heteroatoms. The molecule has 1 aromatic carbocycles. The molecule has 0 spiro atoms. The molecule has 8 nitrogen and oxygen atoms in total. The third kappa shape index (κ3) is 3.94. The van der Waals surface area contributed by atoms with Gasteiger partial charge in [0.25, 0.3) is 0 Å². The second kappa shape index (κ2) is 8.41. The van der Waals surface area contributed by atoms with E-state index in [0.29, 0.717) is 12.5 Å². The summed E-state index contributed by atoms with van der Waals surface area (Å²) in [5.41, 5.74) is 0.810. The zero-order valence-corrected chi connectivity index (χ0v) is 16.9. The van der Waals surface area contributed by atoms with Gasteiger partial charge in [0.1, 0.15) is 0 Å². The summed E-state index contributed by atoms with van der Waals surface area (Å²) in [7, 11) is 2.62. The number of carbonyl (C=O) groups excluding carboxylic acids is 2. The number of piperidine rings is 1. The Labute approximate surface area is 169 Å². The SMILES string of the molecule is COC(=O)C(C[C@@H]1CC[C@@H]2CN(c3noc4ccccc34)CCN2C1)C(=O)OC. The first-order valence-electron chi connectivity index (χ1n) is 10.1. The normalized spacial score (nSPS) is 22.5. The maximum absolute atomic E-state index is 12.0. The highest BCUT2D eigenvalue weighted by Gasteiger charge is 2.38. The highest BCUT2D eigenvalue weighted by molar-refractivity contribution is 5.94. The van der Waals surface area contributed by atoms with Crippen LogP contribution in [0.3, 0.4) is 0 Å². The molecule has 2 atom stereocenters. The second-order valence-electron chi connectivity index (χ2n) is 7.88. The summed E-state index contributed by atoms with van der Waals surface area (Å²) < 4.78 is 15.1. The molecule has 0 bridgehead atoms. The van der Waals surface area contributed by atoms with Crippen molar-refractivity contribution in [3.05, 3.63) is 24.3 Å². The van der Waals surface area contributed by atoms with Gasteiger partial charge < -0.3 is 18.9 Å². The molecule has 2 aliphatic rings. The van der Waals surface area contributed by atoms with E-state index in [9.17, 15) is 9.59 Å². The van der Waals surface area contributed by atoms with E-state index in [2.05, 4.69) is 15.0 Å². The number of piperazine rings is 1. The van der Waals surface area contributed by atoms with Gasteiger partial charge >= 0.3 is 11.9 Å². The standard InChI is InChI=1S/C21H27N3O5/c1-27-20(25)17(21(26)28-2)11-14-7-8-15-13-24(10-9-23(15)12-14)19-16-5-3-4-6-18(16)29-22-19/h3-6,14-15,17H,7-13H2,1-2H3/t14-,15+/m0/s1. The first kappa shape index (κ1) is 19.7. The molecule has 3 heterocycles. The van der Waals surface area contributed by atoms with Crippen molar-refractivity contribution in [3.8, 4) is 0 Å². The van der Waals surface area contributed by atoms with Gasteiger partial charge in [0.15, 0.2) is 17.3 Å². The van der Waals surface area contributed by atoms with E-state index in [0.717, 1.165) is 55.8 Å². The van der Waals surface area contributed by atoms with E-state index in [1.807, 2.05) is 24.3 Å². The van der Waals surface area contributed by atoms with Gasteiger partial charge in [0.2, 0.25) is 0 Å². The average molecular weight is 401 g/mol. The third-order valence-corrected chi connectivity index (χ3v) is 6.20. The Balaban J connectivity index is 1.39. The third-order valence-electron chi connectivity index (χ3n) is 6.20. The van der Waals surface area contributed by atoms with Crippen LogP contribution in [-0.4, -0.2) is 68.4 Å². The number of carbonyl (C=O) groups is 2. The van der Waals surface area contributed by atoms with Crippen LogP contribution in [0.4, 0.5) is 5.82 Å². The number of nitrogens with zero attached hydrogens (tertiary/aromatic N) is 3. The molecule has 0 saturated carbocycles. The Hall–Kier alpha value is -2.61. The van der Waals surface area contributed by atoms with Crippen molar-refractivity contribution < 1.29 is 23.6 Å². The number of anilines is 1. The first-order chi connectivity index (χ1) is 14.1. The molecule has 4 rings (SSSR count). The van der Waals surface area contributed by atoms with E-state index >= 15 is 0 Å². The summed E-state index contributed by atoms with van der Waals surface area (Å²) in [5.74, 6) is -0.676. The summed E-state index contributed by atoms with van der Waals surface area (Å²) in [6.45, 7) is 3.57. The maximum Gasteiger partial charge on any atom is 0.320 e. The molecule has 2 saturated heterocycles. The quantitative estimate of drug-likeness (QED) is 0.556. The van der Waals surface area contributed by atoms with Gasteiger partial charge in [0.05, 0.1) is 19.6 Å². The highest BCUT2D eigenvalue weighted by Crippen LogP contribution is 2.33. The molecule has 29 heavy (non-hydrogen) atoms. The van der Waals surface area contributed by atoms with E-state index in [-0.39, 0.29) is 5.92 Å². The molecule has 0 amide bonds. The molecule has 2 aliphatic heterocycles. The number of para-hydroxylation sites is 1. The lowest BCUT2D eigenvalue weighted by atomic mass is 9.84. The van der Waals surface area contributed by atoms with E-state index in [1.165, 1.54) is 14.2 Å². The molecule has 2 aromatic rings. The van der Waals surface area contributed by atoms with Crippen LogP contribution in [0, 0.1) is 11.8 Å². The van der Waals surface area contributed by atoms with Crippen molar-refractivity contribution in [1.29, 1.82) is 0 Å². The number of aromatic nitrogens is 1. The summed E-state index contributed by atoms with van der Waals surface area (Å²) in [4.78, 5) is 28.8. The lowest BCUT2D eigenvalue weighted by Gasteiger charge is -2.46. The summed E-state index contributed by atoms with van der Waals surface area (Å²) in [6.07, 6.45) is 2.46. The maximum atomic E-state index is 12.0. The number of methoxy groups -OCH3 is 2. The molecule has 0 N–H and O–H groups in total. The van der Waals surface area contributed by atoms with Crippen LogP contribution in [0.15, 0.2) is 28.8 Å². The first-order valence-corrected chi connectivity index (χ1v) is 10.1. The predicted octanol–water partition coefficient (Wildman–Crippen LogP) is 2.08. The van der Waals surface area contributed by atoms with Gasteiger partial charge in [-0.15, -0.1) is 0 Å². The Kier molecular flexibility index (Phi) is 5.71. The van der Waals surface area contributed by atoms with Crippen LogP contribution in [0.2, 0.25) is 0 Å². The Morgan fingerprint density at radius 3 is 2.66 bits per heavy atom. The molecule has 1 aromatic heterocycles. The Morgan fingerprint density at radius 1 is 1.14 bits per heavy atom. The predicted molar refractivity (Wildman–Crippen MR) is 106 cm³/mol. The molecule has 0 unspecified atom stereocenters. The Morgan fingerprint density at radius 2 is 1.90 bits per heavy atom. The van der Waals surface area contributed by atoms with Crippen molar-refractivity contribution in [2.75, 3.05) is 45.3 Å². The second-order valence-corrected chi connectivity index (χ2v) is 7.88. The van der Waals surface area contributed by atoms with Gasteiger partial charge in [-0.3, -0.25) is 14.5 Å². The topological polar surface area (TPSA) is 85.1 Å². The van der Waals surface area contributed by atoms with E-state index in [1.54, 1.807) is 0 Å². The zero-order chi connectivity index (χ0) is 20.4. The minimum Gasteiger partial charge on any atom is -0.468 e. The van der Waals surface area contributed by atoms with Crippen LogP contribution in [-0.2, 0) is 19.1 Å². The fraction of sp³-hybridized carbons (Fsp3) is 0.571. The number of hydrogen-bond acceptors (Lipinski definition) is 8. The lowest BCUT2D eigenvalue weighted by Crippen LogP contribution is -2.57. The fourth-order valence-electron chi connectivity index (χ4n) is 4.65. The fourth-order valence-corrected chi connectivity index (χ4v) is 4.65. The van der Waals surface area contributed by atoms with Crippen molar-refractivity contribution in [3.63, 3.8) is 0 Å². The van der Waals surface area contributed by atoms with Gasteiger partial charge in [-0.25, -0.2) is 0 Å². The molecular weight excluding hydrogens is 374 g/mol. The molecular formula is C21H27N3O5. The lowest BCUT2D eigenvalue weighted by molar-refractivity contribution is -0.160. The molecule has 156 valence electrons. The van der Waals surface area contributed by atoms with Crippen molar-refractivity contribution in [2.45, 2.75) is 25.3 Å². The van der Waals surface area contributed by atoms with Gasteiger partial charge in [-0.2, -0.15) is 0 Å². The van der Waals surface area contributed by atoms with Crippen LogP contribution < -0.4 is 4.90 Å². The van der Waals surface area contributed by atoms with Crippen LogP contribution in [0.5, 0.6) is 0 Å². The molecule has 0 aliphatic carbocycles. The minimum atomic E-state index is -0.839.